The molecule has 1 amide bonds. The number of nitrogens with zero attached hydrogens (tertiary/aromatic N) is 2. The van der Waals surface area contributed by atoms with Crippen molar-refractivity contribution in [3.8, 4) is 5.75 Å². The Bertz CT molecular complexity index is 952. The topological polar surface area (TPSA) is 107 Å². The molecule has 4 rings (SSSR count). The minimum atomic E-state index is -1.82. The predicted molar refractivity (Wildman–Crippen MR) is 127 cm³/mol. The van der Waals surface area contributed by atoms with Crippen molar-refractivity contribution >= 4 is 17.8 Å². The highest BCUT2D eigenvalue weighted by Gasteiger charge is 2.30. The molecule has 2 fully saturated rings. The molecule has 34 heavy (non-hydrogen) atoms. The minimum Gasteiger partial charge on any atom is -0.496 e. The minimum absolute atomic E-state index is 0.0879. The Labute approximate surface area is 199 Å². The summed E-state index contributed by atoms with van der Waals surface area (Å²) in [7, 11) is 1.62. The van der Waals surface area contributed by atoms with Gasteiger partial charge in [0.15, 0.2) is 0 Å². The maximum atomic E-state index is 12.9. The number of piperazine rings is 1. The van der Waals surface area contributed by atoms with Crippen LogP contribution in [-0.2, 0) is 9.59 Å². The highest BCUT2D eigenvalue weighted by Crippen LogP contribution is 2.35. The number of hydrogen-bond donors (Lipinski definition) is 2. The number of para-hydroxylation sites is 1. The van der Waals surface area contributed by atoms with Crippen LogP contribution in [0.15, 0.2) is 54.6 Å². The van der Waals surface area contributed by atoms with E-state index in [1.54, 1.807) is 7.11 Å². The van der Waals surface area contributed by atoms with E-state index in [2.05, 4.69) is 35.2 Å². The van der Waals surface area contributed by atoms with Crippen LogP contribution >= 0.6 is 0 Å². The van der Waals surface area contributed by atoms with Gasteiger partial charge >= 0.3 is 11.9 Å². The van der Waals surface area contributed by atoms with Crippen molar-refractivity contribution in [2.75, 3.05) is 33.3 Å². The summed E-state index contributed by atoms with van der Waals surface area (Å²) >= 11 is 0. The lowest BCUT2D eigenvalue weighted by Gasteiger charge is -2.42. The summed E-state index contributed by atoms with van der Waals surface area (Å²) in [6.45, 7) is 3.55. The van der Waals surface area contributed by atoms with Gasteiger partial charge in [0.05, 0.1) is 12.7 Å². The fraction of sp³-hybridized carbons (Fsp3) is 0.423. The monoisotopic (exact) mass is 468 g/mol. The molecule has 1 heterocycles. The molecule has 1 saturated carbocycles. The second kappa shape index (κ2) is 12.2. The van der Waals surface area contributed by atoms with Gasteiger partial charge in [0, 0.05) is 32.2 Å². The summed E-state index contributed by atoms with van der Waals surface area (Å²) in [6, 6.07) is 19.1. The van der Waals surface area contributed by atoms with E-state index in [1.165, 1.54) is 31.2 Å². The predicted octanol–water partition coefficient (Wildman–Crippen LogP) is 3.34. The van der Waals surface area contributed by atoms with Crippen LogP contribution < -0.4 is 4.74 Å². The van der Waals surface area contributed by atoms with Crippen molar-refractivity contribution in [1.29, 1.82) is 0 Å². The molecule has 0 unspecified atom stereocenters. The molecule has 2 aliphatic rings. The Morgan fingerprint density at radius 2 is 1.35 bits per heavy atom. The second-order valence-corrected chi connectivity index (χ2v) is 8.55. The molecule has 2 aromatic rings. The molecule has 2 aromatic carbocycles. The number of amides is 1. The first kappa shape index (κ1) is 25.2. The standard InChI is InChI=1S/C24H30N2O2.C2H2O4/c1-28-23-10-6-5-9-22(23)24(27)26-17-15-25(16-18-26)21-13-11-20(12-14-21)19-7-3-2-4-8-19;3-1(4)2(5)6/h2-10,20-21H,11-18H2,1H3;(H,3,4)(H,5,6). The molecular weight excluding hydrogens is 436 g/mol. The Hall–Kier alpha value is -3.39. The van der Waals surface area contributed by atoms with E-state index in [0.29, 0.717) is 23.3 Å². The molecule has 0 aromatic heterocycles. The number of hydrogen-bond acceptors (Lipinski definition) is 5. The number of carboxylic acid groups (broad SMARTS) is 2. The zero-order chi connectivity index (χ0) is 24.5. The fourth-order valence-corrected chi connectivity index (χ4v) is 4.78. The van der Waals surface area contributed by atoms with Crippen molar-refractivity contribution in [3.63, 3.8) is 0 Å². The second-order valence-electron chi connectivity index (χ2n) is 8.55. The van der Waals surface area contributed by atoms with Crippen molar-refractivity contribution < 1.29 is 29.3 Å². The van der Waals surface area contributed by atoms with Crippen LogP contribution in [-0.4, -0.2) is 77.2 Å². The van der Waals surface area contributed by atoms with Crippen LogP contribution in [0, 0.1) is 0 Å². The van der Waals surface area contributed by atoms with Crippen molar-refractivity contribution in [2.24, 2.45) is 0 Å². The number of benzene rings is 2. The lowest BCUT2D eigenvalue weighted by atomic mass is 9.81. The summed E-state index contributed by atoms with van der Waals surface area (Å²) in [5.74, 6) is -2.19. The third-order valence-corrected chi connectivity index (χ3v) is 6.61. The number of carbonyl (C=O) groups excluding carboxylic acids is 1. The molecule has 2 N–H and O–H groups in total. The SMILES string of the molecule is COc1ccccc1C(=O)N1CCN(C2CCC(c3ccccc3)CC2)CC1.O=C(O)C(=O)O. The normalized spacial score (nSPS) is 20.6. The number of rotatable bonds is 4. The van der Waals surface area contributed by atoms with E-state index >= 15 is 0 Å². The van der Waals surface area contributed by atoms with Gasteiger partial charge in [-0.3, -0.25) is 9.69 Å². The van der Waals surface area contributed by atoms with Gasteiger partial charge in [0.2, 0.25) is 0 Å². The number of aliphatic carboxylic acids is 2. The van der Waals surface area contributed by atoms with Crippen molar-refractivity contribution in [3.05, 3.63) is 65.7 Å². The molecular formula is C26H32N2O6. The quantitative estimate of drug-likeness (QED) is 0.663. The number of carboxylic acids is 2. The van der Waals surface area contributed by atoms with Gasteiger partial charge in [0.1, 0.15) is 5.75 Å². The third kappa shape index (κ3) is 6.57. The molecule has 1 aliphatic carbocycles. The smallest absolute Gasteiger partial charge is 0.414 e. The van der Waals surface area contributed by atoms with Gasteiger partial charge in [-0.05, 0) is 49.3 Å². The lowest BCUT2D eigenvalue weighted by molar-refractivity contribution is -0.159. The highest BCUT2D eigenvalue weighted by molar-refractivity contribution is 6.27. The van der Waals surface area contributed by atoms with Crippen LogP contribution in [0.3, 0.4) is 0 Å². The molecule has 8 nitrogen and oxygen atoms in total. The van der Waals surface area contributed by atoms with Crippen LogP contribution in [0.2, 0.25) is 0 Å². The Balaban J connectivity index is 0.000000481. The van der Waals surface area contributed by atoms with Gasteiger partial charge in [-0.25, -0.2) is 9.59 Å². The summed E-state index contributed by atoms with van der Waals surface area (Å²) < 4.78 is 5.36. The maximum Gasteiger partial charge on any atom is 0.414 e. The molecule has 1 aliphatic heterocycles. The van der Waals surface area contributed by atoms with Crippen LogP contribution in [0.1, 0.15) is 47.5 Å². The van der Waals surface area contributed by atoms with Crippen molar-refractivity contribution in [1.82, 2.24) is 9.80 Å². The number of ether oxygens (including phenoxy) is 1. The van der Waals surface area contributed by atoms with E-state index in [9.17, 15) is 4.79 Å². The average Bonchev–Trinajstić information content (AvgIpc) is 2.89. The molecule has 8 heteroatoms. The molecule has 182 valence electrons. The zero-order valence-electron chi connectivity index (χ0n) is 19.4. The molecule has 0 atom stereocenters. The van der Waals surface area contributed by atoms with E-state index in [1.807, 2.05) is 29.2 Å². The Morgan fingerprint density at radius 3 is 1.91 bits per heavy atom. The Morgan fingerprint density at radius 1 is 0.794 bits per heavy atom. The Kier molecular flexibility index (Phi) is 9.04. The van der Waals surface area contributed by atoms with Crippen LogP contribution in [0.25, 0.3) is 0 Å². The zero-order valence-corrected chi connectivity index (χ0v) is 19.4. The summed E-state index contributed by atoms with van der Waals surface area (Å²) in [5, 5.41) is 14.8. The van der Waals surface area contributed by atoms with E-state index in [4.69, 9.17) is 24.5 Å². The molecule has 1 saturated heterocycles. The van der Waals surface area contributed by atoms with Crippen LogP contribution in [0.5, 0.6) is 5.75 Å². The average molecular weight is 469 g/mol. The molecule has 0 spiro atoms. The summed E-state index contributed by atoms with van der Waals surface area (Å²) in [6.07, 6.45) is 5.07. The number of carbonyl (C=O) groups is 3. The molecule has 0 radical (unpaired) electrons. The first-order valence-electron chi connectivity index (χ1n) is 11.6. The van der Waals surface area contributed by atoms with Crippen LogP contribution in [0.4, 0.5) is 0 Å². The lowest BCUT2D eigenvalue weighted by Crippen LogP contribution is -2.52. The fourth-order valence-electron chi connectivity index (χ4n) is 4.78. The van der Waals surface area contributed by atoms with E-state index in [-0.39, 0.29) is 5.91 Å². The van der Waals surface area contributed by atoms with Gasteiger partial charge in [0.25, 0.3) is 5.91 Å². The summed E-state index contributed by atoms with van der Waals surface area (Å²) in [4.78, 5) is 35.7. The first-order chi connectivity index (χ1) is 16.4. The largest absolute Gasteiger partial charge is 0.496 e. The number of methoxy groups -OCH3 is 1. The van der Waals surface area contributed by atoms with Gasteiger partial charge in [-0.15, -0.1) is 0 Å². The first-order valence-corrected chi connectivity index (χ1v) is 11.6. The summed E-state index contributed by atoms with van der Waals surface area (Å²) in [5.41, 5.74) is 2.16. The van der Waals surface area contributed by atoms with E-state index < -0.39 is 11.9 Å². The van der Waals surface area contributed by atoms with Crippen molar-refractivity contribution in [2.45, 2.75) is 37.6 Å². The van der Waals surface area contributed by atoms with Gasteiger partial charge in [-0.2, -0.15) is 0 Å². The van der Waals surface area contributed by atoms with E-state index in [0.717, 1.165) is 26.2 Å². The maximum absolute atomic E-state index is 12.9. The molecule has 0 bridgehead atoms. The third-order valence-electron chi connectivity index (χ3n) is 6.61. The highest BCUT2D eigenvalue weighted by atomic mass is 16.5. The van der Waals surface area contributed by atoms with Gasteiger partial charge < -0.3 is 19.8 Å². The van der Waals surface area contributed by atoms with Gasteiger partial charge in [-0.1, -0.05) is 42.5 Å².